The molecule has 11 rings (SSSR count). The molecule has 1 aliphatic carbocycles. The molecule has 0 spiro atoms. The summed E-state index contributed by atoms with van der Waals surface area (Å²) < 4.78 is 0. The number of hydrogen-bond donors (Lipinski definition) is 0. The highest BCUT2D eigenvalue weighted by atomic mass is 14.7. The Bertz CT molecular complexity index is 3210. The Kier molecular flexibility index (Phi) is 8.24. The normalized spacial score (nSPS) is 12.7. The molecule has 0 bridgehead atoms. The highest BCUT2D eigenvalue weighted by molar-refractivity contribution is 5.99. The van der Waals surface area contributed by atoms with Gasteiger partial charge in [0.2, 0.25) is 0 Å². The van der Waals surface area contributed by atoms with Crippen LogP contribution in [0.1, 0.15) is 25.0 Å². The van der Waals surface area contributed by atoms with E-state index in [1.165, 1.54) is 82.7 Å². The topological polar surface area (TPSA) is 12.9 Å². The van der Waals surface area contributed by atoms with E-state index in [4.69, 9.17) is 4.98 Å². The van der Waals surface area contributed by atoms with Crippen LogP contribution in [0.15, 0.2) is 212 Å². The van der Waals surface area contributed by atoms with Crippen LogP contribution in [0.5, 0.6) is 0 Å². The molecule has 1 aromatic heterocycles. The lowest BCUT2D eigenvalue weighted by molar-refractivity contribution is 0.660. The Morgan fingerprint density at radius 3 is 1.51 bits per heavy atom. The van der Waals surface area contributed by atoms with Gasteiger partial charge in [0.1, 0.15) is 0 Å². The summed E-state index contributed by atoms with van der Waals surface area (Å²) >= 11 is 0. The Morgan fingerprint density at radius 1 is 0.288 bits per heavy atom. The van der Waals surface area contributed by atoms with Crippen LogP contribution in [0.25, 0.3) is 99.7 Å². The van der Waals surface area contributed by atoms with E-state index in [-0.39, 0.29) is 5.41 Å². The summed E-state index contributed by atoms with van der Waals surface area (Å²) in [5, 5.41) is 4.95. The fraction of sp³-hybridized carbons (Fsp3) is 0.0517. The molecule has 0 atom stereocenters. The summed E-state index contributed by atoms with van der Waals surface area (Å²) in [5.74, 6) is 0. The van der Waals surface area contributed by atoms with Crippen LogP contribution in [0, 0.1) is 0 Å². The number of rotatable bonds is 6. The van der Waals surface area contributed by atoms with Gasteiger partial charge in [-0.25, -0.2) is 4.98 Å². The Labute approximate surface area is 346 Å². The number of hydrogen-bond acceptors (Lipinski definition) is 1. The number of pyridine rings is 1. The first-order chi connectivity index (χ1) is 29.0. The minimum atomic E-state index is -0.0805. The standard InChI is InChI=1S/C58H41N/c1-58(2)54-30-28-45(34-52(54)53-35-46(29-31-55(53)58)51-19-11-17-42-14-9-10-18-50(42)51)44-26-24-40-25-27-47(33-48(40)32-44)57-37-49(36-56(59-57)43-15-7-4-8-16-43)41-22-20-39(21-23-41)38-12-5-3-6-13-38/h3-37H,1-2H3. The zero-order valence-corrected chi connectivity index (χ0v) is 33.2. The molecule has 0 aliphatic heterocycles. The van der Waals surface area contributed by atoms with Crippen LogP contribution in [-0.2, 0) is 5.41 Å². The van der Waals surface area contributed by atoms with Crippen LogP contribution in [-0.4, -0.2) is 4.98 Å². The molecule has 0 amide bonds. The number of nitrogens with zero attached hydrogens (tertiary/aromatic N) is 1. The van der Waals surface area contributed by atoms with E-state index in [1.54, 1.807) is 0 Å². The van der Waals surface area contributed by atoms with Crippen molar-refractivity contribution in [2.75, 3.05) is 0 Å². The van der Waals surface area contributed by atoms with Gasteiger partial charge in [-0.1, -0.05) is 190 Å². The van der Waals surface area contributed by atoms with Gasteiger partial charge in [0, 0.05) is 16.5 Å². The SMILES string of the molecule is CC1(C)c2ccc(-c3ccc4ccc(-c5cc(-c6ccc(-c7ccccc7)cc6)cc(-c6ccccc6)n5)cc4c3)cc2-c2cc(-c3cccc4ccccc34)ccc21. The van der Waals surface area contributed by atoms with Crippen molar-refractivity contribution in [3.05, 3.63) is 223 Å². The van der Waals surface area contributed by atoms with Crippen LogP contribution in [0.2, 0.25) is 0 Å². The first kappa shape index (κ1) is 34.9. The van der Waals surface area contributed by atoms with E-state index >= 15 is 0 Å². The van der Waals surface area contributed by atoms with E-state index in [1.807, 2.05) is 0 Å². The maximum absolute atomic E-state index is 5.27. The highest BCUT2D eigenvalue weighted by Gasteiger charge is 2.35. The molecule has 278 valence electrons. The van der Waals surface area contributed by atoms with Gasteiger partial charge in [0.05, 0.1) is 11.4 Å². The Hall–Kier alpha value is -7.35. The van der Waals surface area contributed by atoms with Gasteiger partial charge in [0.25, 0.3) is 0 Å². The minimum Gasteiger partial charge on any atom is -0.248 e. The van der Waals surface area contributed by atoms with Crippen molar-refractivity contribution < 1.29 is 0 Å². The van der Waals surface area contributed by atoms with Gasteiger partial charge in [-0.2, -0.15) is 0 Å². The monoisotopic (exact) mass is 751 g/mol. The van der Waals surface area contributed by atoms with Crippen LogP contribution < -0.4 is 0 Å². The average molecular weight is 752 g/mol. The summed E-state index contributed by atoms with van der Waals surface area (Å²) in [7, 11) is 0. The second-order valence-electron chi connectivity index (χ2n) is 16.4. The number of benzene rings is 9. The molecular formula is C58H41N. The summed E-state index contributed by atoms with van der Waals surface area (Å²) in [6, 6.07) is 77.5. The van der Waals surface area contributed by atoms with Crippen molar-refractivity contribution in [2.45, 2.75) is 19.3 Å². The molecule has 59 heavy (non-hydrogen) atoms. The van der Waals surface area contributed by atoms with Crippen LogP contribution in [0.3, 0.4) is 0 Å². The molecule has 0 saturated carbocycles. The number of aromatic nitrogens is 1. The average Bonchev–Trinajstić information content (AvgIpc) is 3.53. The third kappa shape index (κ3) is 6.15. The largest absolute Gasteiger partial charge is 0.248 e. The molecule has 1 aliphatic rings. The summed E-state index contributed by atoms with van der Waals surface area (Å²) in [6.07, 6.45) is 0. The maximum Gasteiger partial charge on any atom is 0.0715 e. The van der Waals surface area contributed by atoms with Gasteiger partial charge < -0.3 is 0 Å². The smallest absolute Gasteiger partial charge is 0.0715 e. The first-order valence-corrected chi connectivity index (χ1v) is 20.5. The van der Waals surface area contributed by atoms with Crippen molar-refractivity contribution >= 4 is 21.5 Å². The maximum atomic E-state index is 5.27. The molecule has 0 fully saturated rings. The lowest BCUT2D eigenvalue weighted by Crippen LogP contribution is -2.14. The van der Waals surface area contributed by atoms with E-state index in [0.717, 1.165) is 28.1 Å². The molecule has 1 nitrogen and oxygen atoms in total. The second-order valence-corrected chi connectivity index (χ2v) is 16.4. The summed E-state index contributed by atoms with van der Waals surface area (Å²) in [5.41, 5.74) is 19.1. The van der Waals surface area contributed by atoms with Crippen molar-refractivity contribution in [3.8, 4) is 78.1 Å². The molecule has 0 radical (unpaired) electrons. The van der Waals surface area contributed by atoms with Gasteiger partial charge in [-0.05, 0) is 125 Å². The van der Waals surface area contributed by atoms with Crippen LogP contribution >= 0.6 is 0 Å². The van der Waals surface area contributed by atoms with Crippen molar-refractivity contribution in [3.63, 3.8) is 0 Å². The second kappa shape index (κ2) is 13.9. The third-order valence-corrected chi connectivity index (χ3v) is 12.5. The molecule has 10 aromatic rings. The van der Waals surface area contributed by atoms with Gasteiger partial charge >= 0.3 is 0 Å². The van der Waals surface area contributed by atoms with Crippen molar-refractivity contribution in [1.82, 2.24) is 4.98 Å². The van der Waals surface area contributed by atoms with E-state index in [9.17, 15) is 0 Å². The van der Waals surface area contributed by atoms with Crippen molar-refractivity contribution in [2.24, 2.45) is 0 Å². The molecule has 0 unspecified atom stereocenters. The zero-order chi connectivity index (χ0) is 39.5. The van der Waals surface area contributed by atoms with E-state index in [2.05, 4.69) is 226 Å². The quantitative estimate of drug-likeness (QED) is 0.165. The summed E-state index contributed by atoms with van der Waals surface area (Å²) in [4.78, 5) is 5.27. The van der Waals surface area contributed by atoms with Crippen molar-refractivity contribution in [1.29, 1.82) is 0 Å². The molecule has 1 heterocycles. The Balaban J connectivity index is 0.981. The van der Waals surface area contributed by atoms with E-state index in [0.29, 0.717) is 0 Å². The van der Waals surface area contributed by atoms with Gasteiger partial charge in [-0.3, -0.25) is 0 Å². The van der Waals surface area contributed by atoms with Crippen LogP contribution in [0.4, 0.5) is 0 Å². The lowest BCUT2D eigenvalue weighted by Gasteiger charge is -2.21. The fourth-order valence-electron chi connectivity index (χ4n) is 9.27. The van der Waals surface area contributed by atoms with Gasteiger partial charge in [0.15, 0.2) is 0 Å². The fourth-order valence-corrected chi connectivity index (χ4v) is 9.27. The number of fused-ring (bicyclic) bond motifs is 5. The molecule has 0 saturated heterocycles. The molecule has 1 heteroatoms. The lowest BCUT2D eigenvalue weighted by atomic mass is 9.82. The molecular weight excluding hydrogens is 711 g/mol. The summed E-state index contributed by atoms with van der Waals surface area (Å²) in [6.45, 7) is 4.72. The van der Waals surface area contributed by atoms with E-state index < -0.39 is 0 Å². The third-order valence-electron chi connectivity index (χ3n) is 12.5. The zero-order valence-electron chi connectivity index (χ0n) is 33.2. The predicted octanol–water partition coefficient (Wildman–Crippen LogP) is 15.7. The predicted molar refractivity (Wildman–Crippen MR) is 249 cm³/mol. The molecule has 0 N–H and O–H groups in total. The molecule has 9 aromatic carbocycles. The van der Waals surface area contributed by atoms with Gasteiger partial charge in [-0.15, -0.1) is 0 Å². The highest BCUT2D eigenvalue weighted by Crippen LogP contribution is 2.51. The Morgan fingerprint density at radius 2 is 0.780 bits per heavy atom. The minimum absolute atomic E-state index is 0.0805. The first-order valence-electron chi connectivity index (χ1n) is 20.5.